The first-order valence-corrected chi connectivity index (χ1v) is 12.9. The number of carbonyl (C=O) groups is 1. The van der Waals surface area contributed by atoms with Crippen molar-refractivity contribution in [3.63, 3.8) is 0 Å². The fraction of sp³-hybridized carbons (Fsp3) is 0.500. The second-order valence-electron chi connectivity index (χ2n) is 9.65. The van der Waals surface area contributed by atoms with E-state index in [0.717, 1.165) is 19.3 Å². The highest BCUT2D eigenvalue weighted by molar-refractivity contribution is 6.36. The molecule has 12 heteroatoms. The molecule has 0 radical (unpaired) electrons. The van der Waals surface area contributed by atoms with E-state index in [1.807, 2.05) is 4.57 Å². The molecule has 1 aromatic carbocycles. The Kier molecular flexibility index (Phi) is 7.18. The molecule has 0 saturated heterocycles. The smallest absolute Gasteiger partial charge is 0.224 e. The van der Waals surface area contributed by atoms with E-state index in [4.69, 9.17) is 33.9 Å². The van der Waals surface area contributed by atoms with Gasteiger partial charge < -0.3 is 21.5 Å². The molecule has 0 bridgehead atoms. The minimum absolute atomic E-state index is 0.0403. The number of anilines is 3. The highest BCUT2D eigenvalue weighted by atomic mass is 35.5. The maximum atomic E-state index is 14.7. The van der Waals surface area contributed by atoms with Crippen molar-refractivity contribution in [3.8, 4) is 0 Å². The van der Waals surface area contributed by atoms with Gasteiger partial charge in [-0.05, 0) is 63.5 Å². The first-order chi connectivity index (χ1) is 17.3. The van der Waals surface area contributed by atoms with E-state index >= 15 is 0 Å². The molecule has 2 aliphatic carbocycles. The summed E-state index contributed by atoms with van der Waals surface area (Å²) in [6.45, 7) is 0. The Labute approximate surface area is 217 Å². The van der Waals surface area contributed by atoms with Crippen molar-refractivity contribution >= 4 is 57.9 Å². The summed E-state index contributed by atoms with van der Waals surface area (Å²) in [4.78, 5) is 25.5. The number of nitrogens with two attached hydrogens (primary N) is 1. The molecule has 5 rings (SSSR count). The molecule has 0 spiro atoms. The van der Waals surface area contributed by atoms with Gasteiger partial charge in [-0.25, -0.2) is 14.4 Å². The van der Waals surface area contributed by atoms with E-state index in [9.17, 15) is 14.3 Å². The molecule has 0 unspecified atom stereocenters. The summed E-state index contributed by atoms with van der Waals surface area (Å²) in [6.07, 6.45) is 7.26. The third-order valence-corrected chi connectivity index (χ3v) is 7.64. The van der Waals surface area contributed by atoms with Crippen molar-refractivity contribution in [3.05, 3.63) is 34.2 Å². The van der Waals surface area contributed by atoms with E-state index < -0.39 is 5.82 Å². The number of benzene rings is 1. The molecule has 5 N–H and O–H groups in total. The van der Waals surface area contributed by atoms with Crippen LogP contribution >= 0.6 is 23.2 Å². The van der Waals surface area contributed by atoms with Crippen LogP contribution < -0.4 is 16.4 Å². The molecule has 2 saturated carbocycles. The number of primary amides is 1. The summed E-state index contributed by atoms with van der Waals surface area (Å²) in [5.74, 6) is -0.250. The fourth-order valence-electron chi connectivity index (χ4n) is 5.26. The monoisotopic (exact) mass is 535 g/mol. The van der Waals surface area contributed by atoms with Crippen LogP contribution in [0.15, 0.2) is 18.3 Å². The average molecular weight is 536 g/mol. The molecular weight excluding hydrogens is 508 g/mol. The number of hydrogen-bond acceptors (Lipinski definition) is 7. The number of rotatable bonds is 6. The first kappa shape index (κ1) is 25.0. The van der Waals surface area contributed by atoms with Crippen molar-refractivity contribution in [1.29, 1.82) is 0 Å². The lowest BCUT2D eigenvalue weighted by molar-refractivity contribution is -0.122. The maximum Gasteiger partial charge on any atom is 0.224 e. The Morgan fingerprint density at radius 3 is 2.61 bits per heavy atom. The number of amides is 1. The van der Waals surface area contributed by atoms with Gasteiger partial charge in [0.2, 0.25) is 17.8 Å². The molecule has 9 nitrogen and oxygen atoms in total. The van der Waals surface area contributed by atoms with E-state index in [1.54, 1.807) is 6.20 Å². The highest BCUT2D eigenvalue weighted by Crippen LogP contribution is 2.38. The number of halogens is 3. The summed E-state index contributed by atoms with van der Waals surface area (Å²) < 4.78 is 16.7. The lowest BCUT2D eigenvalue weighted by atomic mass is 9.85. The van der Waals surface area contributed by atoms with Crippen LogP contribution in [0.5, 0.6) is 0 Å². The standard InChI is InChI=1S/C24H28Cl2FN7O2/c25-13-8-17(26)20(18(27)9-13)32-24-31-19-11-29-23(30-14-2-1-3-16(35)10-14)33-22(19)34(24)15-6-4-12(5-7-15)21(28)36/h8-9,11-12,14-16,35H,1-7,10H2,(H2,28,36)(H,31,32)(H,29,30,33)/t12?,14-,15?,16-/m1/s1. The zero-order valence-corrected chi connectivity index (χ0v) is 21.1. The molecule has 2 atom stereocenters. The molecule has 192 valence electrons. The molecule has 36 heavy (non-hydrogen) atoms. The molecule has 2 fully saturated rings. The second-order valence-corrected chi connectivity index (χ2v) is 10.5. The Morgan fingerprint density at radius 2 is 1.92 bits per heavy atom. The Bertz CT molecular complexity index is 1260. The molecular formula is C24H28Cl2FN7O2. The first-order valence-electron chi connectivity index (χ1n) is 12.2. The number of nitrogens with one attached hydrogen (secondary N) is 2. The van der Waals surface area contributed by atoms with Gasteiger partial charge in [0.1, 0.15) is 11.3 Å². The minimum atomic E-state index is -0.604. The number of aromatic nitrogens is 4. The summed E-state index contributed by atoms with van der Waals surface area (Å²) in [7, 11) is 0. The molecule has 0 aliphatic heterocycles. The van der Waals surface area contributed by atoms with E-state index in [2.05, 4.69) is 20.6 Å². The second kappa shape index (κ2) is 10.4. The van der Waals surface area contributed by atoms with Crippen LogP contribution in [0.4, 0.5) is 22.0 Å². The number of aliphatic hydroxyl groups is 1. The summed E-state index contributed by atoms with van der Waals surface area (Å²) in [5, 5.41) is 16.7. The number of carbonyl (C=O) groups excluding carboxylic acids is 1. The lowest BCUT2D eigenvalue weighted by Gasteiger charge is -2.29. The summed E-state index contributed by atoms with van der Waals surface area (Å²) in [5.41, 5.74) is 6.71. The quantitative estimate of drug-likeness (QED) is 0.351. The average Bonchev–Trinajstić information content (AvgIpc) is 3.18. The van der Waals surface area contributed by atoms with Gasteiger partial charge in [0, 0.05) is 23.0 Å². The Balaban J connectivity index is 1.51. The van der Waals surface area contributed by atoms with Crippen molar-refractivity contribution in [1.82, 2.24) is 19.5 Å². The van der Waals surface area contributed by atoms with Crippen LogP contribution in [-0.4, -0.2) is 42.7 Å². The van der Waals surface area contributed by atoms with Crippen LogP contribution in [0.25, 0.3) is 11.2 Å². The van der Waals surface area contributed by atoms with Crippen LogP contribution in [0.2, 0.25) is 10.0 Å². The predicted molar refractivity (Wildman–Crippen MR) is 137 cm³/mol. The van der Waals surface area contributed by atoms with Gasteiger partial charge in [-0.1, -0.05) is 23.2 Å². The third-order valence-electron chi connectivity index (χ3n) is 7.12. The van der Waals surface area contributed by atoms with Crippen LogP contribution in [-0.2, 0) is 4.79 Å². The SMILES string of the molecule is NC(=O)C1CCC(n2c(Nc3c(F)cc(Cl)cc3Cl)nc3cnc(N[C@@H]4CCC[C@@H](O)C4)nc32)CC1. The zero-order chi connectivity index (χ0) is 25.4. The third kappa shape index (κ3) is 5.21. The van der Waals surface area contributed by atoms with Gasteiger partial charge in [0.05, 0.1) is 23.0 Å². The lowest BCUT2D eigenvalue weighted by Crippen LogP contribution is -2.30. The maximum absolute atomic E-state index is 14.7. The fourth-order valence-corrected chi connectivity index (χ4v) is 5.78. The zero-order valence-electron chi connectivity index (χ0n) is 19.6. The minimum Gasteiger partial charge on any atom is -0.393 e. The number of fused-ring (bicyclic) bond motifs is 1. The van der Waals surface area contributed by atoms with Crippen LogP contribution in [0, 0.1) is 11.7 Å². The van der Waals surface area contributed by atoms with Crippen molar-refractivity contribution in [2.45, 2.75) is 69.6 Å². The number of imidazole rings is 1. The van der Waals surface area contributed by atoms with Crippen LogP contribution in [0.1, 0.15) is 57.4 Å². The van der Waals surface area contributed by atoms with E-state index in [-0.39, 0.29) is 45.7 Å². The van der Waals surface area contributed by atoms with E-state index in [1.165, 1.54) is 12.1 Å². The van der Waals surface area contributed by atoms with Crippen molar-refractivity contribution in [2.24, 2.45) is 11.7 Å². The molecule has 1 amide bonds. The highest BCUT2D eigenvalue weighted by Gasteiger charge is 2.30. The van der Waals surface area contributed by atoms with Gasteiger partial charge >= 0.3 is 0 Å². The largest absolute Gasteiger partial charge is 0.393 e. The summed E-state index contributed by atoms with van der Waals surface area (Å²) >= 11 is 12.2. The number of hydrogen-bond donors (Lipinski definition) is 4. The molecule has 2 heterocycles. The molecule has 3 aromatic rings. The topological polar surface area (TPSA) is 131 Å². The van der Waals surface area contributed by atoms with Gasteiger partial charge in [-0.3, -0.25) is 9.36 Å². The molecule has 2 aliphatic rings. The molecule has 2 aromatic heterocycles. The van der Waals surface area contributed by atoms with Gasteiger partial charge in [-0.2, -0.15) is 4.98 Å². The van der Waals surface area contributed by atoms with E-state index in [0.29, 0.717) is 55.2 Å². The predicted octanol–water partition coefficient (Wildman–Crippen LogP) is 4.95. The Hall–Kier alpha value is -2.69. The summed E-state index contributed by atoms with van der Waals surface area (Å²) in [6, 6.07) is 2.68. The van der Waals surface area contributed by atoms with Gasteiger partial charge in [0.25, 0.3) is 0 Å². The number of aliphatic hydroxyl groups excluding tert-OH is 1. The number of nitrogens with zero attached hydrogens (tertiary/aromatic N) is 4. The van der Waals surface area contributed by atoms with Crippen LogP contribution in [0.3, 0.4) is 0 Å². The van der Waals surface area contributed by atoms with Gasteiger partial charge in [-0.15, -0.1) is 0 Å². The Morgan fingerprint density at radius 1 is 1.14 bits per heavy atom. The van der Waals surface area contributed by atoms with Crippen molar-refractivity contribution < 1.29 is 14.3 Å². The normalized spacial score (nSPS) is 24.6. The van der Waals surface area contributed by atoms with Gasteiger partial charge in [0.15, 0.2) is 5.65 Å². The van der Waals surface area contributed by atoms with Crippen molar-refractivity contribution in [2.75, 3.05) is 10.6 Å².